The molecular weight excluding hydrogens is 689 g/mol. The lowest BCUT2D eigenvalue weighted by Gasteiger charge is -2.31. The normalized spacial score (nSPS) is 12.9. The van der Waals surface area contributed by atoms with Crippen molar-refractivity contribution in [3.63, 3.8) is 0 Å². The number of hydrogen-bond acceptors (Lipinski definition) is 9. The molecule has 0 radical (unpaired) electrons. The SMILES string of the molecule is COc1cccc(-c2nnc(N(CCS(C)(C)C)S(=O)(=O)C[C@H](OC)c3ccc(F)cc3Br)n2-c2c(OC)cccc2OC)n1. The average Bonchev–Trinajstić information content (AvgIpc) is 3.43. The number of anilines is 1. The number of ether oxygens (including phenoxy) is 4. The van der Waals surface area contributed by atoms with Gasteiger partial charge in [0, 0.05) is 24.2 Å². The first-order valence-corrected chi connectivity index (χ1v) is 19.1. The third kappa shape index (κ3) is 7.88. The van der Waals surface area contributed by atoms with E-state index in [0.29, 0.717) is 44.5 Å². The number of para-hydroxylation sites is 1. The van der Waals surface area contributed by atoms with E-state index in [1.165, 1.54) is 50.9 Å². The molecule has 0 amide bonds. The van der Waals surface area contributed by atoms with Crippen LogP contribution >= 0.6 is 26.0 Å². The summed E-state index contributed by atoms with van der Waals surface area (Å²) in [5, 5.41) is 8.91. The predicted molar refractivity (Wildman–Crippen MR) is 179 cm³/mol. The summed E-state index contributed by atoms with van der Waals surface area (Å²) >= 11 is 3.35. The van der Waals surface area contributed by atoms with Crippen molar-refractivity contribution in [2.75, 3.05) is 69.6 Å². The lowest BCUT2D eigenvalue weighted by molar-refractivity contribution is 0.121. The zero-order valence-electron chi connectivity index (χ0n) is 26.2. The molecule has 0 aliphatic carbocycles. The van der Waals surface area contributed by atoms with Gasteiger partial charge in [-0.3, -0.25) is 4.57 Å². The van der Waals surface area contributed by atoms with Crippen LogP contribution in [-0.4, -0.2) is 93.4 Å². The van der Waals surface area contributed by atoms with Gasteiger partial charge >= 0.3 is 0 Å². The molecule has 45 heavy (non-hydrogen) atoms. The van der Waals surface area contributed by atoms with Gasteiger partial charge in [0.1, 0.15) is 28.7 Å². The smallest absolute Gasteiger partial charge is 0.246 e. The van der Waals surface area contributed by atoms with Crippen LogP contribution in [0.25, 0.3) is 17.2 Å². The van der Waals surface area contributed by atoms with Gasteiger partial charge in [-0.15, -0.1) is 10.2 Å². The highest BCUT2D eigenvalue weighted by Gasteiger charge is 2.35. The summed E-state index contributed by atoms with van der Waals surface area (Å²) in [5.41, 5.74) is 1.25. The molecule has 0 saturated heterocycles. The van der Waals surface area contributed by atoms with Gasteiger partial charge in [-0.1, -0.05) is 34.1 Å². The maximum absolute atomic E-state index is 14.5. The van der Waals surface area contributed by atoms with Crippen LogP contribution in [0.2, 0.25) is 0 Å². The maximum atomic E-state index is 14.5. The second-order valence-electron chi connectivity index (χ2n) is 10.8. The minimum Gasteiger partial charge on any atom is -0.494 e. The highest BCUT2D eigenvalue weighted by Crippen LogP contribution is 2.41. The Morgan fingerprint density at radius 1 is 0.933 bits per heavy atom. The Labute approximate surface area is 273 Å². The van der Waals surface area contributed by atoms with E-state index >= 15 is 0 Å². The van der Waals surface area contributed by atoms with Gasteiger partial charge in [-0.25, -0.2) is 32.1 Å². The van der Waals surface area contributed by atoms with Gasteiger partial charge in [0.2, 0.25) is 21.9 Å². The van der Waals surface area contributed by atoms with E-state index in [1.807, 2.05) is 0 Å². The van der Waals surface area contributed by atoms with E-state index in [-0.39, 0.29) is 18.3 Å². The lowest BCUT2D eigenvalue weighted by Crippen LogP contribution is -2.39. The van der Waals surface area contributed by atoms with Crippen LogP contribution < -0.4 is 18.5 Å². The van der Waals surface area contributed by atoms with Gasteiger partial charge in [-0.2, -0.15) is 0 Å². The minimum atomic E-state index is -4.18. The molecule has 0 aliphatic rings. The van der Waals surface area contributed by atoms with Crippen molar-refractivity contribution in [3.05, 3.63) is 70.5 Å². The summed E-state index contributed by atoms with van der Waals surface area (Å²) in [6, 6.07) is 14.4. The first-order chi connectivity index (χ1) is 21.3. The number of nitrogens with zero attached hydrogens (tertiary/aromatic N) is 5. The minimum absolute atomic E-state index is 0.00842. The first-order valence-electron chi connectivity index (χ1n) is 13.7. The molecule has 1 atom stereocenters. The second kappa shape index (κ2) is 14.4. The molecule has 2 heterocycles. The molecule has 4 aromatic rings. The number of rotatable bonds is 14. The van der Waals surface area contributed by atoms with E-state index in [1.54, 1.807) is 41.0 Å². The van der Waals surface area contributed by atoms with E-state index in [4.69, 9.17) is 18.9 Å². The summed E-state index contributed by atoms with van der Waals surface area (Å²) in [7, 11) is 0.582. The summed E-state index contributed by atoms with van der Waals surface area (Å²) in [6.07, 6.45) is 5.38. The molecular formula is C30H37BrFN5O6S2. The van der Waals surface area contributed by atoms with Crippen LogP contribution in [-0.2, 0) is 14.8 Å². The molecule has 4 rings (SSSR count). The van der Waals surface area contributed by atoms with Gasteiger partial charge < -0.3 is 18.9 Å². The highest BCUT2D eigenvalue weighted by molar-refractivity contribution is 9.10. The Hall–Kier alpha value is -3.40. The quantitative estimate of drug-likeness (QED) is 0.167. The van der Waals surface area contributed by atoms with Gasteiger partial charge in [-0.05, 0) is 60.4 Å². The molecule has 11 nitrogen and oxygen atoms in total. The third-order valence-corrected chi connectivity index (χ3v) is 10.7. The van der Waals surface area contributed by atoms with E-state index in [9.17, 15) is 12.8 Å². The summed E-state index contributed by atoms with van der Waals surface area (Å²) in [6.45, 7) is 0.101. The Kier molecular flexibility index (Phi) is 11.0. The molecule has 2 aromatic heterocycles. The van der Waals surface area contributed by atoms with Crippen molar-refractivity contribution < 1.29 is 31.8 Å². The van der Waals surface area contributed by atoms with Gasteiger partial charge in [0.25, 0.3) is 0 Å². The Morgan fingerprint density at radius 2 is 1.60 bits per heavy atom. The second-order valence-corrected chi connectivity index (χ2v) is 18.2. The summed E-state index contributed by atoms with van der Waals surface area (Å²) < 4.78 is 68.5. The van der Waals surface area contributed by atoms with Crippen LogP contribution in [0.15, 0.2) is 59.1 Å². The molecule has 0 spiro atoms. The number of sulfonamides is 1. The van der Waals surface area contributed by atoms with Crippen LogP contribution in [0, 0.1) is 5.82 Å². The number of halogens is 2. The van der Waals surface area contributed by atoms with Crippen molar-refractivity contribution in [2.24, 2.45) is 0 Å². The summed E-state index contributed by atoms with van der Waals surface area (Å²) in [5.74, 6) is 1.00. The molecule has 0 bridgehead atoms. The molecule has 0 unspecified atom stereocenters. The lowest BCUT2D eigenvalue weighted by atomic mass is 10.1. The monoisotopic (exact) mass is 725 g/mol. The Bertz CT molecular complexity index is 1730. The fourth-order valence-corrected chi connectivity index (χ4v) is 7.63. The summed E-state index contributed by atoms with van der Waals surface area (Å²) in [4.78, 5) is 4.55. The van der Waals surface area contributed by atoms with Gasteiger partial charge in [0.05, 0.1) is 33.2 Å². The van der Waals surface area contributed by atoms with E-state index in [0.717, 1.165) is 0 Å². The van der Waals surface area contributed by atoms with Crippen LogP contribution in [0.5, 0.6) is 17.4 Å². The highest BCUT2D eigenvalue weighted by atomic mass is 79.9. The number of benzene rings is 2. The Morgan fingerprint density at radius 3 is 2.18 bits per heavy atom. The van der Waals surface area contributed by atoms with E-state index in [2.05, 4.69) is 49.9 Å². The Balaban J connectivity index is 1.98. The zero-order valence-corrected chi connectivity index (χ0v) is 29.4. The molecule has 0 saturated carbocycles. The zero-order chi connectivity index (χ0) is 32.9. The van der Waals surface area contributed by atoms with Crippen molar-refractivity contribution in [1.29, 1.82) is 0 Å². The van der Waals surface area contributed by atoms with Crippen LogP contribution in [0.3, 0.4) is 0 Å². The molecule has 0 N–H and O–H groups in total. The van der Waals surface area contributed by atoms with Crippen molar-refractivity contribution in [2.45, 2.75) is 6.10 Å². The number of aromatic nitrogens is 4. The molecule has 244 valence electrons. The molecule has 0 aliphatic heterocycles. The fourth-order valence-electron chi connectivity index (χ4n) is 4.56. The predicted octanol–water partition coefficient (Wildman–Crippen LogP) is 5.47. The standard InChI is InChI=1S/C30H37BrFN5O6S2/c1-40-24-11-9-12-25(41-2)28(24)37-29(23-10-8-13-27(33-23)43-4)34-35-30(37)36(16-17-44(5,6)7)45(38,39)19-26(42-3)21-15-14-20(32)18-22(21)31/h8-15,18,26H,16-17,19H2,1-7H3/t26-/m0/s1. The third-order valence-electron chi connectivity index (χ3n) is 6.85. The molecule has 0 fully saturated rings. The van der Waals surface area contributed by atoms with Crippen LogP contribution in [0.1, 0.15) is 11.7 Å². The number of hydrogen-bond donors (Lipinski definition) is 0. The maximum Gasteiger partial charge on any atom is 0.246 e. The van der Waals surface area contributed by atoms with E-state index < -0.39 is 37.7 Å². The largest absolute Gasteiger partial charge is 0.494 e. The van der Waals surface area contributed by atoms with Crippen molar-refractivity contribution in [1.82, 2.24) is 19.7 Å². The van der Waals surface area contributed by atoms with Gasteiger partial charge in [0.15, 0.2) is 5.82 Å². The number of pyridine rings is 1. The fraction of sp³-hybridized carbons (Fsp3) is 0.367. The molecule has 15 heteroatoms. The first kappa shape index (κ1) is 34.5. The van der Waals surface area contributed by atoms with Crippen molar-refractivity contribution >= 4 is 41.9 Å². The average molecular weight is 727 g/mol. The topological polar surface area (TPSA) is 118 Å². The number of methoxy groups -OCH3 is 4. The van der Waals surface area contributed by atoms with Crippen molar-refractivity contribution in [3.8, 4) is 34.6 Å². The molecule has 2 aromatic carbocycles. The van der Waals surface area contributed by atoms with Crippen LogP contribution in [0.4, 0.5) is 10.3 Å².